The monoisotopic (exact) mass is 312 g/mol. The van der Waals surface area contributed by atoms with Crippen LogP contribution < -0.4 is 0 Å². The minimum atomic E-state index is -0.584. The van der Waals surface area contributed by atoms with Crippen LogP contribution in [-0.2, 0) is 11.3 Å². The van der Waals surface area contributed by atoms with Crippen molar-refractivity contribution in [1.82, 2.24) is 0 Å². The van der Waals surface area contributed by atoms with E-state index in [2.05, 4.69) is 15.9 Å². The first kappa shape index (κ1) is 13.0. The van der Waals surface area contributed by atoms with E-state index < -0.39 is 11.6 Å². The molecule has 0 unspecified atom stereocenters. The molecule has 2 rings (SSSR count). The van der Waals surface area contributed by atoms with Crippen molar-refractivity contribution in [2.75, 3.05) is 7.11 Å². The molecule has 18 heavy (non-hydrogen) atoms. The summed E-state index contributed by atoms with van der Waals surface area (Å²) >= 11 is 3.16. The number of methoxy groups -OCH3 is 1. The van der Waals surface area contributed by atoms with Crippen molar-refractivity contribution < 1.29 is 18.3 Å². The Balaban J connectivity index is 2.35. The Morgan fingerprint density at radius 1 is 1.39 bits per heavy atom. The lowest BCUT2D eigenvalue weighted by atomic mass is 10.1. The van der Waals surface area contributed by atoms with Gasteiger partial charge in [-0.1, -0.05) is 6.07 Å². The predicted molar refractivity (Wildman–Crippen MR) is 67.0 cm³/mol. The topological polar surface area (TPSA) is 39.4 Å². The normalized spacial score (nSPS) is 10.6. The van der Waals surface area contributed by atoms with Crippen molar-refractivity contribution in [1.29, 1.82) is 0 Å². The van der Waals surface area contributed by atoms with Gasteiger partial charge in [-0.25, -0.2) is 4.39 Å². The minimum absolute atomic E-state index is 0.0317. The number of hydrogen-bond donors (Lipinski definition) is 0. The molecule has 0 aliphatic rings. The molecule has 0 aliphatic heterocycles. The molecule has 0 N–H and O–H groups in total. The van der Waals surface area contributed by atoms with E-state index in [1.54, 1.807) is 12.1 Å². The quantitative estimate of drug-likeness (QED) is 0.810. The lowest BCUT2D eigenvalue weighted by Gasteiger charge is -2.02. The van der Waals surface area contributed by atoms with Gasteiger partial charge in [0.05, 0.1) is 5.56 Å². The number of carbonyl (C=O) groups is 1. The molecule has 0 fully saturated rings. The van der Waals surface area contributed by atoms with E-state index in [0.29, 0.717) is 10.2 Å². The van der Waals surface area contributed by atoms with Crippen LogP contribution in [0.5, 0.6) is 0 Å². The van der Waals surface area contributed by atoms with Gasteiger partial charge in [-0.15, -0.1) is 0 Å². The molecule has 1 aromatic carbocycles. The summed E-state index contributed by atoms with van der Waals surface area (Å²) in [6.07, 6.45) is 0. The molecule has 0 spiro atoms. The summed E-state index contributed by atoms with van der Waals surface area (Å²) in [6.45, 7) is 0.270. The molecule has 94 valence electrons. The molecular weight excluding hydrogens is 303 g/mol. The highest BCUT2D eigenvalue weighted by Crippen LogP contribution is 2.23. The second-order valence-corrected chi connectivity index (χ2v) is 4.48. The highest BCUT2D eigenvalue weighted by molar-refractivity contribution is 9.10. The van der Waals surface area contributed by atoms with Crippen molar-refractivity contribution in [3.05, 3.63) is 57.7 Å². The maximum Gasteiger partial charge on any atom is 0.232 e. The Morgan fingerprint density at radius 2 is 2.17 bits per heavy atom. The maximum atomic E-state index is 13.6. The van der Waals surface area contributed by atoms with Crippen molar-refractivity contribution in [3.8, 4) is 0 Å². The molecule has 0 atom stereocenters. The summed E-state index contributed by atoms with van der Waals surface area (Å²) in [5, 5.41) is 0. The van der Waals surface area contributed by atoms with Crippen LogP contribution in [0.25, 0.3) is 0 Å². The van der Waals surface area contributed by atoms with Crippen molar-refractivity contribution in [3.63, 3.8) is 0 Å². The van der Waals surface area contributed by atoms with Crippen LogP contribution in [-0.4, -0.2) is 12.9 Å². The van der Waals surface area contributed by atoms with Crippen LogP contribution in [0.2, 0.25) is 0 Å². The van der Waals surface area contributed by atoms with Crippen molar-refractivity contribution >= 4 is 21.7 Å². The summed E-state index contributed by atoms with van der Waals surface area (Å²) in [4.78, 5) is 12.1. The van der Waals surface area contributed by atoms with Crippen molar-refractivity contribution in [2.45, 2.75) is 6.61 Å². The Bertz CT molecular complexity index is 557. The van der Waals surface area contributed by atoms with Gasteiger partial charge in [-0.2, -0.15) is 0 Å². The highest BCUT2D eigenvalue weighted by atomic mass is 79.9. The van der Waals surface area contributed by atoms with Crippen LogP contribution in [0.3, 0.4) is 0 Å². The van der Waals surface area contributed by atoms with Crippen molar-refractivity contribution in [2.24, 2.45) is 0 Å². The number of carbonyl (C=O) groups excluding carboxylic acids is 1. The van der Waals surface area contributed by atoms with E-state index in [-0.39, 0.29) is 17.9 Å². The third kappa shape index (κ3) is 2.52. The largest absolute Gasteiger partial charge is 0.455 e. The highest BCUT2D eigenvalue weighted by Gasteiger charge is 2.20. The van der Waals surface area contributed by atoms with Crippen LogP contribution in [0, 0.1) is 5.82 Å². The van der Waals surface area contributed by atoms with Gasteiger partial charge in [-0.3, -0.25) is 4.79 Å². The number of rotatable bonds is 4. The summed E-state index contributed by atoms with van der Waals surface area (Å²) in [5.74, 6) is -0.470. The number of halogens is 2. The van der Waals surface area contributed by atoms with Gasteiger partial charge in [0.2, 0.25) is 5.78 Å². The molecule has 0 bridgehead atoms. The van der Waals surface area contributed by atoms with E-state index in [9.17, 15) is 9.18 Å². The molecule has 1 heterocycles. The molecule has 0 saturated carbocycles. The van der Waals surface area contributed by atoms with Gasteiger partial charge in [0.1, 0.15) is 18.2 Å². The zero-order chi connectivity index (χ0) is 13.1. The zero-order valence-electron chi connectivity index (χ0n) is 9.57. The Morgan fingerprint density at radius 3 is 2.83 bits per heavy atom. The summed E-state index contributed by atoms with van der Waals surface area (Å²) in [5.41, 5.74) is -0.0317. The van der Waals surface area contributed by atoms with Gasteiger partial charge in [0, 0.05) is 11.6 Å². The first-order valence-corrected chi connectivity index (χ1v) is 5.99. The van der Waals surface area contributed by atoms with Gasteiger partial charge in [0.25, 0.3) is 0 Å². The molecule has 2 aromatic rings. The number of hydrogen-bond acceptors (Lipinski definition) is 3. The summed E-state index contributed by atoms with van der Waals surface area (Å²) in [7, 11) is 1.53. The number of ketones is 1. The van der Waals surface area contributed by atoms with E-state index in [1.165, 1.54) is 25.3 Å². The third-order valence-electron chi connectivity index (χ3n) is 2.36. The average Bonchev–Trinajstić information content (AvgIpc) is 2.78. The van der Waals surface area contributed by atoms with Gasteiger partial charge < -0.3 is 9.15 Å². The lowest BCUT2D eigenvalue weighted by Crippen LogP contribution is -2.04. The molecule has 0 radical (unpaired) electrons. The Hall–Kier alpha value is -1.46. The van der Waals surface area contributed by atoms with E-state index >= 15 is 0 Å². The molecule has 0 aliphatic carbocycles. The second-order valence-electron chi connectivity index (χ2n) is 3.62. The number of furan rings is 1. The molecule has 0 saturated heterocycles. The third-order valence-corrected chi connectivity index (χ3v) is 3.02. The SMILES string of the molecule is COCc1ccc(C(=O)c2c(F)cccc2Br)o1. The fourth-order valence-electron chi connectivity index (χ4n) is 1.56. The molecule has 5 heteroatoms. The van der Waals surface area contributed by atoms with E-state index in [0.717, 1.165) is 0 Å². The zero-order valence-corrected chi connectivity index (χ0v) is 11.2. The Labute approximate surface area is 112 Å². The molecule has 1 aromatic heterocycles. The van der Waals surface area contributed by atoms with Crippen LogP contribution in [0.1, 0.15) is 21.9 Å². The molecule has 3 nitrogen and oxygen atoms in total. The minimum Gasteiger partial charge on any atom is -0.455 e. The van der Waals surface area contributed by atoms with Crippen LogP contribution in [0.4, 0.5) is 4.39 Å². The lowest BCUT2D eigenvalue weighted by molar-refractivity contribution is 0.0995. The summed E-state index contributed by atoms with van der Waals surface area (Å²) in [6, 6.07) is 7.50. The smallest absolute Gasteiger partial charge is 0.232 e. The van der Waals surface area contributed by atoms with Crippen LogP contribution >= 0.6 is 15.9 Å². The fraction of sp³-hybridized carbons (Fsp3) is 0.154. The second kappa shape index (κ2) is 5.46. The average molecular weight is 313 g/mol. The first-order valence-electron chi connectivity index (χ1n) is 5.20. The van der Waals surface area contributed by atoms with E-state index in [1.807, 2.05) is 0 Å². The summed E-state index contributed by atoms with van der Waals surface area (Å²) < 4.78 is 24.2. The van der Waals surface area contributed by atoms with Gasteiger partial charge in [0.15, 0.2) is 5.76 Å². The molecule has 0 amide bonds. The van der Waals surface area contributed by atoms with E-state index in [4.69, 9.17) is 9.15 Å². The standard InChI is InChI=1S/C13H10BrFO3/c1-17-7-8-5-6-11(18-8)13(16)12-9(14)3-2-4-10(12)15/h2-6H,7H2,1H3. The maximum absolute atomic E-state index is 13.6. The van der Waals surface area contributed by atoms with Crippen LogP contribution in [0.15, 0.2) is 39.2 Å². The fourth-order valence-corrected chi connectivity index (χ4v) is 2.08. The number of ether oxygens (including phenoxy) is 1. The Kier molecular flexibility index (Phi) is 3.93. The van der Waals surface area contributed by atoms with Gasteiger partial charge >= 0.3 is 0 Å². The van der Waals surface area contributed by atoms with Gasteiger partial charge in [-0.05, 0) is 40.2 Å². The number of benzene rings is 1. The first-order chi connectivity index (χ1) is 8.63. The predicted octanol–water partition coefficient (Wildman–Crippen LogP) is 3.56. The molecular formula is C13H10BrFO3.